The molecule has 0 saturated carbocycles. The first-order valence-corrected chi connectivity index (χ1v) is 14.5. The molecule has 1 aromatic heterocycles. The van der Waals surface area contributed by atoms with E-state index in [4.69, 9.17) is 20.2 Å². The molecule has 1 aliphatic rings. The third kappa shape index (κ3) is 6.05. The van der Waals surface area contributed by atoms with Crippen LogP contribution in [0.1, 0.15) is 30.1 Å². The van der Waals surface area contributed by atoms with Crippen molar-refractivity contribution < 1.29 is 17.9 Å². The van der Waals surface area contributed by atoms with Crippen molar-refractivity contribution in [3.05, 3.63) is 48.0 Å². The Morgan fingerprint density at radius 2 is 1.71 bits per heavy atom. The van der Waals surface area contributed by atoms with E-state index >= 15 is 0 Å². The summed E-state index contributed by atoms with van der Waals surface area (Å²) in [6.07, 6.45) is 0.0526. The minimum Gasteiger partial charge on any atom is -0.494 e. The first-order valence-electron chi connectivity index (χ1n) is 12.3. The fraction of sp³-hybridized carbons (Fsp3) is 0.385. The summed E-state index contributed by atoms with van der Waals surface area (Å²) in [5, 5.41) is 18.6. The molecule has 38 heavy (non-hydrogen) atoms. The fourth-order valence-electron chi connectivity index (χ4n) is 4.19. The molecule has 198 valence electrons. The second-order valence-electron chi connectivity index (χ2n) is 8.58. The molecule has 2 aromatic carbocycles. The zero-order valence-electron chi connectivity index (χ0n) is 21.0. The number of amides is 1. The number of hydrogen-bond acceptors (Lipinski definition) is 9. The van der Waals surface area contributed by atoms with Gasteiger partial charge in [0.05, 0.1) is 33.9 Å². The van der Waals surface area contributed by atoms with Crippen LogP contribution in [0.15, 0.2) is 47.4 Å². The number of anilines is 1. The van der Waals surface area contributed by atoms with Gasteiger partial charge in [-0.1, -0.05) is 11.3 Å². The van der Waals surface area contributed by atoms with Gasteiger partial charge in [0.25, 0.3) is 5.91 Å². The topological polar surface area (TPSA) is 131 Å². The number of thiazole rings is 1. The minimum absolute atomic E-state index is 0.00775. The first-order chi connectivity index (χ1) is 18.4. The van der Waals surface area contributed by atoms with Gasteiger partial charge in [-0.15, -0.1) is 0 Å². The Morgan fingerprint density at radius 1 is 1.05 bits per heavy atom. The number of carbonyl (C=O) groups excluding carboxylic acids is 1. The van der Waals surface area contributed by atoms with Crippen molar-refractivity contribution in [2.24, 2.45) is 0 Å². The van der Waals surface area contributed by atoms with Gasteiger partial charge in [-0.2, -0.15) is 14.8 Å². The van der Waals surface area contributed by atoms with Crippen LogP contribution in [0.25, 0.3) is 10.2 Å². The summed E-state index contributed by atoms with van der Waals surface area (Å²) in [4.78, 5) is 21.8. The molecule has 0 unspecified atom stereocenters. The molecular weight excluding hydrogens is 524 g/mol. The smallest absolute Gasteiger partial charge is 0.253 e. The molecule has 1 aliphatic heterocycles. The zero-order chi connectivity index (χ0) is 27.1. The minimum atomic E-state index is -3.88. The predicted octanol–water partition coefficient (Wildman–Crippen LogP) is 3.48. The van der Waals surface area contributed by atoms with E-state index < -0.39 is 10.0 Å². The van der Waals surface area contributed by atoms with E-state index in [1.807, 2.05) is 37.3 Å². The number of hydrogen-bond donors (Lipinski definition) is 0. The van der Waals surface area contributed by atoms with E-state index in [0.717, 1.165) is 25.4 Å². The molecule has 1 amide bonds. The summed E-state index contributed by atoms with van der Waals surface area (Å²) in [6.45, 7) is 4.90. The van der Waals surface area contributed by atoms with Crippen molar-refractivity contribution in [3.8, 4) is 17.9 Å². The molecule has 4 rings (SSSR count). The van der Waals surface area contributed by atoms with Crippen LogP contribution in [0.5, 0.6) is 5.75 Å². The number of aromatic nitrogens is 1. The third-order valence-electron chi connectivity index (χ3n) is 6.18. The number of ether oxygens (including phenoxy) is 1. The summed E-state index contributed by atoms with van der Waals surface area (Å²) < 4.78 is 33.8. The summed E-state index contributed by atoms with van der Waals surface area (Å²) in [5.41, 5.74) is 1.32. The number of piperazine rings is 1. The maximum absolute atomic E-state index is 13.1. The molecule has 0 aliphatic carbocycles. The molecular formula is C26H28N6O4S2. The standard InChI is InChI=1S/C26H28N6O4S2/c1-2-36-21-7-10-23-24(19-21)37-26(29-23)31-17-15-30(16-18-31)25(33)20-5-8-22(9-6-20)38(34,35)32(13-3-11-27)14-4-12-28/h5-10,19H,2-4,13-18H2,1H3. The Kier molecular flexibility index (Phi) is 8.79. The van der Waals surface area contributed by atoms with Crippen molar-refractivity contribution in [3.63, 3.8) is 0 Å². The van der Waals surface area contributed by atoms with Crippen molar-refractivity contribution >= 4 is 42.6 Å². The van der Waals surface area contributed by atoms with Crippen LogP contribution in [0.3, 0.4) is 0 Å². The van der Waals surface area contributed by atoms with Crippen LogP contribution in [-0.4, -0.2) is 74.4 Å². The number of sulfonamides is 1. The molecule has 0 bridgehead atoms. The molecule has 3 aromatic rings. The highest BCUT2D eigenvalue weighted by Gasteiger charge is 2.26. The van der Waals surface area contributed by atoms with Crippen LogP contribution in [0.2, 0.25) is 0 Å². The second kappa shape index (κ2) is 12.2. The van der Waals surface area contributed by atoms with Crippen molar-refractivity contribution in [1.82, 2.24) is 14.2 Å². The van der Waals surface area contributed by atoms with Crippen LogP contribution in [0, 0.1) is 22.7 Å². The largest absolute Gasteiger partial charge is 0.494 e. The molecule has 0 spiro atoms. The summed E-state index contributed by atoms with van der Waals surface area (Å²) in [5.74, 6) is 0.659. The lowest BCUT2D eigenvalue weighted by Crippen LogP contribution is -2.48. The summed E-state index contributed by atoms with van der Waals surface area (Å²) >= 11 is 1.60. The fourth-order valence-corrected chi connectivity index (χ4v) is 6.68. The molecule has 1 fully saturated rings. The van der Waals surface area contributed by atoms with Gasteiger partial charge >= 0.3 is 0 Å². The lowest BCUT2D eigenvalue weighted by molar-refractivity contribution is 0.0746. The highest BCUT2D eigenvalue weighted by molar-refractivity contribution is 7.89. The number of nitriles is 2. The van der Waals surface area contributed by atoms with Crippen molar-refractivity contribution in [2.75, 3.05) is 50.8 Å². The quantitative estimate of drug-likeness (QED) is 0.374. The Bertz CT molecular complexity index is 1450. The van der Waals surface area contributed by atoms with Gasteiger partial charge in [0.2, 0.25) is 10.0 Å². The molecule has 0 N–H and O–H groups in total. The molecule has 10 nitrogen and oxygen atoms in total. The van der Waals surface area contributed by atoms with Crippen LogP contribution >= 0.6 is 11.3 Å². The van der Waals surface area contributed by atoms with Crippen LogP contribution in [-0.2, 0) is 10.0 Å². The second-order valence-corrected chi connectivity index (χ2v) is 11.5. The molecule has 0 atom stereocenters. The number of nitrogens with zero attached hydrogens (tertiary/aromatic N) is 6. The highest BCUT2D eigenvalue weighted by Crippen LogP contribution is 2.32. The Balaban J connectivity index is 1.39. The van der Waals surface area contributed by atoms with E-state index in [0.29, 0.717) is 38.3 Å². The van der Waals surface area contributed by atoms with Gasteiger partial charge in [0, 0.05) is 57.7 Å². The van der Waals surface area contributed by atoms with E-state index in [-0.39, 0.29) is 36.7 Å². The van der Waals surface area contributed by atoms with Gasteiger partial charge in [-0.05, 0) is 49.4 Å². The predicted molar refractivity (Wildman–Crippen MR) is 145 cm³/mol. The average Bonchev–Trinajstić information content (AvgIpc) is 3.36. The number of carbonyl (C=O) groups is 1. The van der Waals surface area contributed by atoms with Crippen molar-refractivity contribution in [2.45, 2.75) is 24.7 Å². The lowest BCUT2D eigenvalue weighted by Gasteiger charge is -2.34. The number of fused-ring (bicyclic) bond motifs is 1. The van der Waals surface area contributed by atoms with E-state index in [9.17, 15) is 13.2 Å². The third-order valence-corrected chi connectivity index (χ3v) is 9.17. The molecule has 12 heteroatoms. The van der Waals surface area contributed by atoms with Gasteiger partial charge < -0.3 is 14.5 Å². The summed E-state index contributed by atoms with van der Waals surface area (Å²) in [7, 11) is -3.88. The van der Waals surface area contributed by atoms with Crippen LogP contribution in [0.4, 0.5) is 5.13 Å². The Hall–Kier alpha value is -3.71. The van der Waals surface area contributed by atoms with Gasteiger partial charge in [-0.3, -0.25) is 4.79 Å². The van der Waals surface area contributed by atoms with Gasteiger partial charge in [0.1, 0.15) is 5.75 Å². The monoisotopic (exact) mass is 552 g/mol. The molecule has 2 heterocycles. The average molecular weight is 553 g/mol. The molecule has 1 saturated heterocycles. The normalized spacial score (nSPS) is 13.9. The lowest BCUT2D eigenvalue weighted by atomic mass is 10.2. The van der Waals surface area contributed by atoms with Gasteiger partial charge in [0.15, 0.2) is 5.13 Å². The van der Waals surface area contributed by atoms with Crippen molar-refractivity contribution in [1.29, 1.82) is 10.5 Å². The Morgan fingerprint density at radius 3 is 2.32 bits per heavy atom. The van der Waals surface area contributed by atoms with E-state index in [1.54, 1.807) is 16.2 Å². The number of rotatable bonds is 10. The van der Waals surface area contributed by atoms with E-state index in [1.165, 1.54) is 24.3 Å². The molecule has 0 radical (unpaired) electrons. The van der Waals surface area contributed by atoms with Crippen LogP contribution < -0.4 is 9.64 Å². The Labute approximate surface area is 226 Å². The maximum Gasteiger partial charge on any atom is 0.253 e. The van der Waals surface area contributed by atoms with E-state index in [2.05, 4.69) is 4.90 Å². The SMILES string of the molecule is CCOc1ccc2nc(N3CCN(C(=O)c4ccc(S(=O)(=O)N(CCC#N)CCC#N)cc4)CC3)sc2c1. The highest BCUT2D eigenvalue weighted by atomic mass is 32.2. The first kappa shape index (κ1) is 27.3. The van der Waals surface area contributed by atoms with Gasteiger partial charge in [-0.25, -0.2) is 13.4 Å². The number of benzene rings is 2. The summed E-state index contributed by atoms with van der Waals surface area (Å²) in [6, 6.07) is 15.6. The zero-order valence-corrected chi connectivity index (χ0v) is 22.7. The maximum atomic E-state index is 13.1.